The van der Waals surface area contributed by atoms with Crippen LogP contribution >= 0.6 is 11.8 Å². The predicted octanol–water partition coefficient (Wildman–Crippen LogP) is 4.46. The topological polar surface area (TPSA) is 35.5 Å². The Morgan fingerprint density at radius 1 is 1.17 bits per heavy atom. The van der Waals surface area contributed by atoms with Crippen LogP contribution in [0.1, 0.15) is 28.4 Å². The molecule has 0 radical (unpaired) electrons. The summed E-state index contributed by atoms with van der Waals surface area (Å²) in [5, 5.41) is 0.0000898. The van der Waals surface area contributed by atoms with Crippen LogP contribution in [0.5, 0.6) is 5.75 Å². The molecule has 23 heavy (non-hydrogen) atoms. The van der Waals surface area contributed by atoms with E-state index in [1.165, 1.54) is 17.3 Å². The number of rotatable bonds is 6. The van der Waals surface area contributed by atoms with Crippen molar-refractivity contribution in [2.24, 2.45) is 0 Å². The predicted molar refractivity (Wildman–Crippen MR) is 95.0 cm³/mol. The molecule has 0 spiro atoms. The highest BCUT2D eigenvalue weighted by Gasteiger charge is 2.19. The third kappa shape index (κ3) is 4.60. The number of carbonyl (C=O) groups is 1. The van der Waals surface area contributed by atoms with Crippen LogP contribution in [0.4, 0.5) is 0 Å². The summed E-state index contributed by atoms with van der Waals surface area (Å²) in [7, 11) is 1.55. The maximum absolute atomic E-state index is 11.9. The van der Waals surface area contributed by atoms with Gasteiger partial charge in [-0.2, -0.15) is 0 Å². The molecule has 2 aromatic carbocycles. The molecule has 0 heterocycles. The van der Waals surface area contributed by atoms with Crippen molar-refractivity contribution in [3.63, 3.8) is 0 Å². The number of carbonyl (C=O) groups excluding carboxylic acids is 1. The van der Waals surface area contributed by atoms with Gasteiger partial charge in [0.2, 0.25) is 5.12 Å². The van der Waals surface area contributed by atoms with Gasteiger partial charge < -0.3 is 9.47 Å². The molecular weight excluding hydrogens is 308 g/mol. The van der Waals surface area contributed by atoms with E-state index in [9.17, 15) is 4.79 Å². The summed E-state index contributed by atoms with van der Waals surface area (Å²) in [5.74, 6) is 0.888. The second-order valence-corrected chi connectivity index (χ2v) is 6.25. The van der Waals surface area contributed by atoms with Crippen LogP contribution in [0, 0.1) is 13.8 Å². The molecule has 1 unspecified atom stereocenters. The molecule has 0 fully saturated rings. The van der Waals surface area contributed by atoms with E-state index in [0.29, 0.717) is 6.61 Å². The monoisotopic (exact) mass is 330 g/mol. The largest absolute Gasteiger partial charge is 0.489 e. The van der Waals surface area contributed by atoms with Crippen molar-refractivity contribution in [3.8, 4) is 5.75 Å². The van der Waals surface area contributed by atoms with Crippen molar-refractivity contribution >= 4 is 16.9 Å². The summed E-state index contributed by atoms with van der Waals surface area (Å²) >= 11 is 1.18. The van der Waals surface area contributed by atoms with E-state index in [4.69, 9.17) is 9.47 Å². The van der Waals surface area contributed by atoms with Crippen molar-refractivity contribution in [2.45, 2.75) is 26.6 Å². The van der Waals surface area contributed by atoms with Crippen LogP contribution in [0.25, 0.3) is 0 Å². The van der Waals surface area contributed by atoms with E-state index >= 15 is 0 Å². The molecule has 0 bridgehead atoms. The van der Waals surface area contributed by atoms with Gasteiger partial charge in [0.25, 0.3) is 0 Å². The number of hydrogen-bond acceptors (Lipinski definition) is 4. The molecular formula is C19H22O3S. The molecule has 0 aliphatic rings. The van der Waals surface area contributed by atoms with Gasteiger partial charge in [-0.1, -0.05) is 42.1 Å². The third-order valence-corrected chi connectivity index (χ3v) is 4.26. The van der Waals surface area contributed by atoms with Crippen LogP contribution in [0.2, 0.25) is 0 Å². The summed E-state index contributed by atoms with van der Waals surface area (Å²) in [6.45, 7) is 4.54. The number of aryl methyl sites for hydroxylation is 2. The minimum Gasteiger partial charge on any atom is -0.489 e. The molecule has 0 aliphatic heterocycles. The van der Waals surface area contributed by atoms with Gasteiger partial charge in [0, 0.05) is 7.11 Å². The van der Waals surface area contributed by atoms with E-state index in [0.717, 1.165) is 22.4 Å². The fourth-order valence-electron chi connectivity index (χ4n) is 2.35. The summed E-state index contributed by atoms with van der Waals surface area (Å²) < 4.78 is 11.3. The quantitative estimate of drug-likeness (QED) is 0.783. The fourth-order valence-corrected chi connectivity index (χ4v) is 2.79. The van der Waals surface area contributed by atoms with Crippen molar-refractivity contribution < 1.29 is 14.3 Å². The molecule has 0 saturated carbocycles. The van der Waals surface area contributed by atoms with E-state index in [1.807, 2.05) is 44.2 Å². The minimum atomic E-state index is -0.536. The molecule has 2 rings (SSSR count). The standard InChI is InChI=1S/C19H22O3S/c1-13-8-9-14(2)17(10-13)22-12-15-6-5-7-16(11-15)18(21-3)19(20)23-4/h5-11,18H,12H2,1-4H3. The lowest BCUT2D eigenvalue weighted by molar-refractivity contribution is -0.120. The molecule has 3 nitrogen and oxygen atoms in total. The first-order valence-corrected chi connectivity index (χ1v) is 8.67. The van der Waals surface area contributed by atoms with Crippen LogP contribution in [-0.2, 0) is 16.1 Å². The molecule has 0 saturated heterocycles. The Morgan fingerprint density at radius 3 is 2.65 bits per heavy atom. The smallest absolute Gasteiger partial charge is 0.221 e. The van der Waals surface area contributed by atoms with Crippen LogP contribution in [0.15, 0.2) is 42.5 Å². The lowest BCUT2D eigenvalue weighted by Gasteiger charge is -2.15. The second-order valence-electron chi connectivity index (χ2n) is 5.44. The van der Waals surface area contributed by atoms with Gasteiger partial charge in [-0.05, 0) is 54.5 Å². The van der Waals surface area contributed by atoms with E-state index in [1.54, 1.807) is 13.4 Å². The molecule has 0 amide bonds. The highest BCUT2D eigenvalue weighted by Crippen LogP contribution is 2.24. The summed E-state index contributed by atoms with van der Waals surface area (Å²) in [6, 6.07) is 14.0. The zero-order valence-corrected chi connectivity index (χ0v) is 14.8. The Kier molecular flexibility index (Phi) is 6.25. The maximum atomic E-state index is 11.9. The highest BCUT2D eigenvalue weighted by atomic mass is 32.2. The maximum Gasteiger partial charge on any atom is 0.221 e. The van der Waals surface area contributed by atoms with Gasteiger partial charge in [0.1, 0.15) is 12.4 Å². The molecule has 2 aromatic rings. The Balaban J connectivity index is 2.14. The van der Waals surface area contributed by atoms with Gasteiger partial charge in [0.05, 0.1) is 0 Å². The summed E-state index contributed by atoms with van der Waals surface area (Å²) in [6.07, 6.45) is 1.23. The average molecular weight is 330 g/mol. The summed E-state index contributed by atoms with van der Waals surface area (Å²) in [4.78, 5) is 11.9. The molecule has 0 aromatic heterocycles. The fraction of sp³-hybridized carbons (Fsp3) is 0.316. The van der Waals surface area contributed by atoms with Gasteiger partial charge in [-0.3, -0.25) is 4.79 Å². The van der Waals surface area contributed by atoms with Gasteiger partial charge in [-0.25, -0.2) is 0 Å². The van der Waals surface area contributed by atoms with Crippen molar-refractivity contribution in [1.82, 2.24) is 0 Å². The Bertz CT molecular complexity index is 682. The number of methoxy groups -OCH3 is 1. The zero-order chi connectivity index (χ0) is 16.8. The van der Waals surface area contributed by atoms with Crippen LogP contribution in [0.3, 0.4) is 0 Å². The van der Waals surface area contributed by atoms with E-state index in [2.05, 4.69) is 12.1 Å². The van der Waals surface area contributed by atoms with Gasteiger partial charge >= 0.3 is 0 Å². The normalized spacial score (nSPS) is 12.0. The van der Waals surface area contributed by atoms with Crippen LogP contribution < -0.4 is 4.74 Å². The molecule has 0 N–H and O–H groups in total. The molecule has 0 aliphatic carbocycles. The second kappa shape index (κ2) is 8.18. The van der Waals surface area contributed by atoms with Gasteiger partial charge in [0.15, 0.2) is 6.10 Å². The lowest BCUT2D eigenvalue weighted by Crippen LogP contribution is -2.11. The highest BCUT2D eigenvalue weighted by molar-refractivity contribution is 8.13. The molecule has 1 atom stereocenters. The molecule has 122 valence electrons. The molecule has 4 heteroatoms. The SMILES string of the molecule is COC(C(=O)SC)c1cccc(COc2cc(C)ccc2C)c1. The number of ether oxygens (including phenoxy) is 2. The van der Waals surface area contributed by atoms with Crippen molar-refractivity contribution in [3.05, 3.63) is 64.7 Å². The number of thioether (sulfide) groups is 1. The lowest BCUT2D eigenvalue weighted by atomic mass is 10.1. The van der Waals surface area contributed by atoms with Crippen molar-refractivity contribution in [2.75, 3.05) is 13.4 Å². The Hall–Kier alpha value is -1.78. The zero-order valence-electron chi connectivity index (χ0n) is 14.0. The van der Waals surface area contributed by atoms with E-state index in [-0.39, 0.29) is 5.12 Å². The van der Waals surface area contributed by atoms with Crippen molar-refractivity contribution in [1.29, 1.82) is 0 Å². The Morgan fingerprint density at radius 2 is 1.96 bits per heavy atom. The average Bonchev–Trinajstić information content (AvgIpc) is 2.56. The van der Waals surface area contributed by atoms with Gasteiger partial charge in [-0.15, -0.1) is 0 Å². The number of benzene rings is 2. The number of hydrogen-bond donors (Lipinski definition) is 0. The first-order valence-electron chi connectivity index (χ1n) is 7.44. The Labute approximate surface area is 142 Å². The first kappa shape index (κ1) is 17.6. The van der Waals surface area contributed by atoms with E-state index < -0.39 is 6.10 Å². The first-order chi connectivity index (χ1) is 11.0. The third-order valence-electron chi connectivity index (χ3n) is 3.64. The summed E-state index contributed by atoms with van der Waals surface area (Å²) in [5.41, 5.74) is 4.15. The van der Waals surface area contributed by atoms with Crippen LogP contribution in [-0.4, -0.2) is 18.5 Å². The minimum absolute atomic E-state index is 0.0000898.